The number of rotatable bonds is 5. The first kappa shape index (κ1) is 22.3. The highest BCUT2D eigenvalue weighted by Crippen LogP contribution is 2.35. The number of nitro groups is 1. The SMILES string of the molecule is O=C(Nc1cc(C(F)(F)F)ccc1-n1ccnc1)c1ccc(N2CCCCC2)c([N+](=O)[O-])c1. The van der Waals surface area contributed by atoms with E-state index in [2.05, 4.69) is 10.3 Å². The predicted octanol–water partition coefficient (Wildman–Crippen LogP) is 5.04. The molecule has 3 aromatic rings. The second-order valence-electron chi connectivity index (χ2n) is 7.66. The number of carbonyl (C=O) groups is 1. The number of anilines is 2. The fourth-order valence-electron chi connectivity index (χ4n) is 3.85. The molecule has 0 radical (unpaired) electrons. The topological polar surface area (TPSA) is 93.3 Å². The van der Waals surface area contributed by atoms with E-state index >= 15 is 0 Å². The molecule has 1 aliphatic heterocycles. The molecule has 1 aromatic heterocycles. The van der Waals surface area contributed by atoms with Crippen LogP contribution in [-0.2, 0) is 6.18 Å². The van der Waals surface area contributed by atoms with E-state index in [4.69, 9.17) is 0 Å². The van der Waals surface area contributed by atoms with Gasteiger partial charge in [0.15, 0.2) is 0 Å². The lowest BCUT2D eigenvalue weighted by atomic mass is 10.1. The van der Waals surface area contributed by atoms with Crippen molar-refractivity contribution >= 4 is 23.0 Å². The number of hydrogen-bond acceptors (Lipinski definition) is 5. The summed E-state index contributed by atoms with van der Waals surface area (Å²) in [6.07, 6.45) is 2.65. The van der Waals surface area contributed by atoms with Gasteiger partial charge >= 0.3 is 6.18 Å². The zero-order chi connectivity index (χ0) is 23.6. The van der Waals surface area contributed by atoms with Crippen molar-refractivity contribution in [2.75, 3.05) is 23.3 Å². The molecule has 1 fully saturated rings. The number of alkyl halides is 3. The molecule has 33 heavy (non-hydrogen) atoms. The third-order valence-electron chi connectivity index (χ3n) is 5.49. The van der Waals surface area contributed by atoms with E-state index in [0.29, 0.717) is 18.8 Å². The van der Waals surface area contributed by atoms with E-state index in [1.807, 2.05) is 4.90 Å². The Morgan fingerprint density at radius 2 is 1.79 bits per heavy atom. The molecule has 2 heterocycles. The maximum absolute atomic E-state index is 13.3. The van der Waals surface area contributed by atoms with Crippen LogP contribution in [-0.4, -0.2) is 33.5 Å². The molecular formula is C22H20F3N5O3. The number of aromatic nitrogens is 2. The largest absolute Gasteiger partial charge is 0.416 e. The number of benzene rings is 2. The lowest BCUT2D eigenvalue weighted by Gasteiger charge is -2.28. The van der Waals surface area contributed by atoms with E-state index in [0.717, 1.165) is 37.5 Å². The average molecular weight is 459 g/mol. The monoisotopic (exact) mass is 459 g/mol. The lowest BCUT2D eigenvalue weighted by molar-refractivity contribution is -0.384. The summed E-state index contributed by atoms with van der Waals surface area (Å²) in [5, 5.41) is 14.1. The molecule has 1 saturated heterocycles. The standard InChI is InChI=1S/C22H20F3N5O3/c23-22(24,25)16-5-7-18(29-11-8-26-14-29)17(13-16)27-21(31)15-4-6-19(20(12-15)30(32)33)28-9-2-1-3-10-28/h4-8,11-14H,1-3,9-10H2,(H,27,31). The smallest absolute Gasteiger partial charge is 0.366 e. The molecule has 0 aliphatic carbocycles. The quantitative estimate of drug-likeness (QED) is 0.426. The van der Waals surface area contributed by atoms with Crippen molar-refractivity contribution in [3.05, 3.63) is 76.4 Å². The van der Waals surface area contributed by atoms with Gasteiger partial charge in [0.2, 0.25) is 0 Å². The van der Waals surface area contributed by atoms with Crippen molar-refractivity contribution in [2.24, 2.45) is 0 Å². The van der Waals surface area contributed by atoms with Crippen LogP contribution in [0.4, 0.5) is 30.2 Å². The molecule has 4 rings (SSSR count). The van der Waals surface area contributed by atoms with Crippen LogP contribution in [0.25, 0.3) is 5.69 Å². The lowest BCUT2D eigenvalue weighted by Crippen LogP contribution is -2.30. The Labute approximate surface area is 186 Å². The van der Waals surface area contributed by atoms with Crippen LogP contribution >= 0.6 is 0 Å². The van der Waals surface area contributed by atoms with Gasteiger partial charge < -0.3 is 14.8 Å². The first-order valence-corrected chi connectivity index (χ1v) is 10.3. The van der Waals surface area contributed by atoms with Crippen molar-refractivity contribution in [2.45, 2.75) is 25.4 Å². The van der Waals surface area contributed by atoms with Gasteiger partial charge in [-0.1, -0.05) is 0 Å². The molecule has 2 aromatic carbocycles. The van der Waals surface area contributed by atoms with Gasteiger partial charge in [-0.15, -0.1) is 0 Å². The number of amides is 1. The molecule has 8 nitrogen and oxygen atoms in total. The van der Waals surface area contributed by atoms with E-state index in [1.165, 1.54) is 41.5 Å². The summed E-state index contributed by atoms with van der Waals surface area (Å²) >= 11 is 0. The van der Waals surface area contributed by atoms with Crippen LogP contribution in [0.15, 0.2) is 55.1 Å². The highest BCUT2D eigenvalue weighted by atomic mass is 19.4. The Bertz CT molecular complexity index is 1170. The fourth-order valence-corrected chi connectivity index (χ4v) is 3.85. The number of hydrogen-bond donors (Lipinski definition) is 1. The Balaban J connectivity index is 1.68. The molecule has 1 N–H and O–H groups in total. The van der Waals surface area contributed by atoms with Crippen molar-refractivity contribution in [1.82, 2.24) is 9.55 Å². The zero-order valence-corrected chi connectivity index (χ0v) is 17.4. The maximum atomic E-state index is 13.3. The number of nitro benzene ring substituents is 1. The maximum Gasteiger partial charge on any atom is 0.416 e. The third kappa shape index (κ3) is 4.81. The zero-order valence-electron chi connectivity index (χ0n) is 17.4. The number of imidazole rings is 1. The predicted molar refractivity (Wildman–Crippen MR) is 116 cm³/mol. The first-order chi connectivity index (χ1) is 15.7. The Hall–Kier alpha value is -3.89. The van der Waals surface area contributed by atoms with Crippen LogP contribution in [0, 0.1) is 10.1 Å². The van der Waals surface area contributed by atoms with Gasteiger partial charge in [0.1, 0.15) is 5.69 Å². The molecule has 1 aliphatic rings. The minimum Gasteiger partial charge on any atom is -0.366 e. The first-order valence-electron chi connectivity index (χ1n) is 10.3. The second kappa shape index (κ2) is 8.93. The van der Waals surface area contributed by atoms with Gasteiger partial charge in [0.05, 0.1) is 28.2 Å². The molecule has 0 unspecified atom stereocenters. The van der Waals surface area contributed by atoms with E-state index in [1.54, 1.807) is 0 Å². The summed E-state index contributed by atoms with van der Waals surface area (Å²) in [5.74, 6) is -0.760. The van der Waals surface area contributed by atoms with Crippen molar-refractivity contribution < 1.29 is 22.9 Å². The summed E-state index contributed by atoms with van der Waals surface area (Å²) in [5.41, 5.74) is -0.591. The van der Waals surface area contributed by atoms with Crippen molar-refractivity contribution in [3.63, 3.8) is 0 Å². The number of piperidine rings is 1. The number of nitrogens with zero attached hydrogens (tertiary/aromatic N) is 4. The Morgan fingerprint density at radius 3 is 2.42 bits per heavy atom. The summed E-state index contributed by atoms with van der Waals surface area (Å²) in [4.78, 5) is 29.8. The molecule has 1 amide bonds. The minimum absolute atomic E-state index is 0.0311. The second-order valence-corrected chi connectivity index (χ2v) is 7.66. The van der Waals surface area contributed by atoms with Gasteiger partial charge in [-0.05, 0) is 49.6 Å². The summed E-state index contributed by atoms with van der Waals surface area (Å²) < 4.78 is 41.2. The molecule has 0 saturated carbocycles. The van der Waals surface area contributed by atoms with Gasteiger partial charge in [-0.2, -0.15) is 13.2 Å². The van der Waals surface area contributed by atoms with Crippen LogP contribution in [0.2, 0.25) is 0 Å². The fraction of sp³-hybridized carbons (Fsp3) is 0.273. The molecule has 0 spiro atoms. The third-order valence-corrected chi connectivity index (χ3v) is 5.49. The highest BCUT2D eigenvalue weighted by molar-refractivity contribution is 6.06. The van der Waals surface area contributed by atoms with Crippen molar-refractivity contribution in [3.8, 4) is 5.69 Å². The average Bonchev–Trinajstić information content (AvgIpc) is 3.33. The van der Waals surface area contributed by atoms with E-state index in [-0.39, 0.29) is 22.6 Å². The molecule has 11 heteroatoms. The van der Waals surface area contributed by atoms with Gasteiger partial charge in [-0.3, -0.25) is 14.9 Å². The molecule has 0 atom stereocenters. The Morgan fingerprint density at radius 1 is 1.06 bits per heavy atom. The normalized spacial score (nSPS) is 14.2. The molecule has 0 bridgehead atoms. The van der Waals surface area contributed by atoms with Crippen molar-refractivity contribution in [1.29, 1.82) is 0 Å². The highest BCUT2D eigenvalue weighted by Gasteiger charge is 2.31. The van der Waals surface area contributed by atoms with Gasteiger partial charge in [0.25, 0.3) is 11.6 Å². The van der Waals surface area contributed by atoms with E-state index in [9.17, 15) is 28.1 Å². The minimum atomic E-state index is -4.61. The molecular weight excluding hydrogens is 439 g/mol. The van der Waals surface area contributed by atoms with Crippen LogP contribution in [0.1, 0.15) is 35.2 Å². The van der Waals surface area contributed by atoms with Gasteiger partial charge in [0, 0.05) is 37.1 Å². The van der Waals surface area contributed by atoms with Crippen LogP contribution in [0.5, 0.6) is 0 Å². The summed E-state index contributed by atoms with van der Waals surface area (Å²) in [6, 6.07) is 7.07. The Kier molecular flexibility index (Phi) is 6.03. The number of carbonyl (C=O) groups excluding carboxylic acids is 1. The van der Waals surface area contributed by atoms with Gasteiger partial charge in [-0.25, -0.2) is 4.98 Å². The summed E-state index contributed by atoms with van der Waals surface area (Å²) in [7, 11) is 0. The molecule has 172 valence electrons. The van der Waals surface area contributed by atoms with Crippen LogP contribution < -0.4 is 10.2 Å². The number of nitrogens with one attached hydrogen (secondary N) is 1. The summed E-state index contributed by atoms with van der Waals surface area (Å²) in [6.45, 7) is 1.37. The van der Waals surface area contributed by atoms with E-state index < -0.39 is 22.6 Å². The number of halogens is 3. The van der Waals surface area contributed by atoms with Crippen LogP contribution in [0.3, 0.4) is 0 Å².